The first kappa shape index (κ1) is 13.1. The molecule has 0 aromatic heterocycles. The third kappa shape index (κ3) is 3.32. The molecule has 2 aromatic carbocycles. The van der Waals surface area contributed by atoms with Gasteiger partial charge in [0.1, 0.15) is 0 Å². The molecule has 0 unspecified atom stereocenters. The van der Waals surface area contributed by atoms with Crippen LogP contribution in [0.5, 0.6) is 0 Å². The first-order chi connectivity index (χ1) is 8.66. The highest BCUT2D eigenvalue weighted by Crippen LogP contribution is 2.13. The topological polar surface area (TPSA) is 29.1 Å². The third-order valence-corrected chi connectivity index (χ3v) is 3.40. The number of carbonyl (C=O) groups is 1. The summed E-state index contributed by atoms with van der Waals surface area (Å²) < 4.78 is 1.06. The lowest BCUT2D eigenvalue weighted by Crippen LogP contribution is -2.26. The third-order valence-electron chi connectivity index (χ3n) is 2.73. The van der Waals surface area contributed by atoms with Gasteiger partial charge >= 0.3 is 0 Å². The van der Waals surface area contributed by atoms with Gasteiger partial charge < -0.3 is 5.32 Å². The van der Waals surface area contributed by atoms with Gasteiger partial charge in [-0.25, -0.2) is 0 Å². The highest BCUT2D eigenvalue weighted by atomic mass is 127. The fourth-order valence-corrected chi connectivity index (χ4v) is 2.28. The van der Waals surface area contributed by atoms with Crippen molar-refractivity contribution < 1.29 is 4.79 Å². The molecule has 2 rings (SSSR count). The van der Waals surface area contributed by atoms with E-state index in [4.69, 9.17) is 0 Å². The zero-order valence-electron chi connectivity index (χ0n) is 10.1. The van der Waals surface area contributed by atoms with Crippen molar-refractivity contribution in [1.29, 1.82) is 0 Å². The van der Waals surface area contributed by atoms with E-state index in [9.17, 15) is 4.79 Å². The highest BCUT2D eigenvalue weighted by molar-refractivity contribution is 14.1. The van der Waals surface area contributed by atoms with Gasteiger partial charge in [0.15, 0.2) is 0 Å². The first-order valence-electron chi connectivity index (χ1n) is 5.78. The van der Waals surface area contributed by atoms with Gasteiger partial charge in [-0.05, 0) is 53.3 Å². The number of halogens is 1. The van der Waals surface area contributed by atoms with Gasteiger partial charge in [0.2, 0.25) is 0 Å². The van der Waals surface area contributed by atoms with Gasteiger partial charge in [-0.1, -0.05) is 36.4 Å². The van der Waals surface area contributed by atoms with Crippen LogP contribution in [0, 0.1) is 3.57 Å². The number of hydrogen-bond donors (Lipinski definition) is 1. The summed E-state index contributed by atoms with van der Waals surface area (Å²) in [6.07, 6.45) is 0. The molecule has 0 aliphatic heterocycles. The second kappa shape index (κ2) is 6.00. The molecular weight excluding hydrogens is 337 g/mol. The molecule has 2 nitrogen and oxygen atoms in total. The van der Waals surface area contributed by atoms with Gasteiger partial charge in [0.25, 0.3) is 5.91 Å². The van der Waals surface area contributed by atoms with Crippen LogP contribution >= 0.6 is 22.6 Å². The minimum Gasteiger partial charge on any atom is -0.346 e. The average Bonchev–Trinajstić information content (AvgIpc) is 2.39. The van der Waals surface area contributed by atoms with E-state index in [0.29, 0.717) is 5.56 Å². The molecule has 0 spiro atoms. The van der Waals surface area contributed by atoms with Crippen LogP contribution in [0.2, 0.25) is 0 Å². The molecule has 0 fully saturated rings. The van der Waals surface area contributed by atoms with Gasteiger partial charge in [0.05, 0.1) is 6.04 Å². The maximum atomic E-state index is 12.1. The number of hydrogen-bond acceptors (Lipinski definition) is 1. The Kier molecular flexibility index (Phi) is 4.36. The molecule has 0 bridgehead atoms. The Morgan fingerprint density at radius 3 is 2.50 bits per heavy atom. The van der Waals surface area contributed by atoms with Crippen molar-refractivity contribution in [2.75, 3.05) is 0 Å². The van der Waals surface area contributed by atoms with Crippen LogP contribution in [-0.2, 0) is 0 Å². The van der Waals surface area contributed by atoms with Crippen molar-refractivity contribution in [1.82, 2.24) is 5.32 Å². The molecule has 18 heavy (non-hydrogen) atoms. The van der Waals surface area contributed by atoms with E-state index in [2.05, 4.69) is 27.9 Å². The summed E-state index contributed by atoms with van der Waals surface area (Å²) in [4.78, 5) is 12.1. The molecule has 92 valence electrons. The summed E-state index contributed by atoms with van der Waals surface area (Å²) in [5, 5.41) is 3.00. The largest absolute Gasteiger partial charge is 0.346 e. The summed E-state index contributed by atoms with van der Waals surface area (Å²) in [7, 11) is 0. The Balaban J connectivity index is 2.08. The van der Waals surface area contributed by atoms with Crippen molar-refractivity contribution in [3.8, 4) is 0 Å². The predicted octanol–water partition coefficient (Wildman–Crippen LogP) is 3.78. The number of benzene rings is 2. The number of carbonyl (C=O) groups excluding carboxylic acids is 1. The van der Waals surface area contributed by atoms with Crippen molar-refractivity contribution in [3.05, 3.63) is 69.3 Å². The minimum atomic E-state index is -0.0372. The summed E-state index contributed by atoms with van der Waals surface area (Å²) in [5.41, 5.74) is 1.81. The molecule has 0 saturated heterocycles. The summed E-state index contributed by atoms with van der Waals surface area (Å²) in [5.74, 6) is -0.0372. The minimum absolute atomic E-state index is 0.0107. The maximum Gasteiger partial charge on any atom is 0.251 e. The van der Waals surface area contributed by atoms with Gasteiger partial charge in [-0.3, -0.25) is 4.79 Å². The monoisotopic (exact) mass is 351 g/mol. The number of rotatable bonds is 3. The Morgan fingerprint density at radius 2 is 1.83 bits per heavy atom. The van der Waals surface area contributed by atoms with Crippen LogP contribution in [0.4, 0.5) is 0 Å². The lowest BCUT2D eigenvalue weighted by molar-refractivity contribution is 0.0940. The van der Waals surface area contributed by atoms with Crippen LogP contribution in [0.1, 0.15) is 28.9 Å². The van der Waals surface area contributed by atoms with E-state index in [0.717, 1.165) is 9.13 Å². The summed E-state index contributed by atoms with van der Waals surface area (Å²) >= 11 is 2.20. The molecule has 1 atom stereocenters. The van der Waals surface area contributed by atoms with E-state index in [1.54, 1.807) is 0 Å². The van der Waals surface area contributed by atoms with Crippen LogP contribution in [0.3, 0.4) is 0 Å². The second-order valence-corrected chi connectivity index (χ2v) is 5.36. The van der Waals surface area contributed by atoms with Crippen LogP contribution in [-0.4, -0.2) is 5.91 Å². The average molecular weight is 351 g/mol. The molecule has 1 amide bonds. The zero-order chi connectivity index (χ0) is 13.0. The molecule has 2 aromatic rings. The van der Waals surface area contributed by atoms with Gasteiger partial charge in [-0.2, -0.15) is 0 Å². The molecule has 3 heteroatoms. The van der Waals surface area contributed by atoms with Crippen molar-refractivity contribution in [2.45, 2.75) is 13.0 Å². The van der Waals surface area contributed by atoms with Crippen molar-refractivity contribution in [3.63, 3.8) is 0 Å². The predicted molar refractivity (Wildman–Crippen MR) is 81.5 cm³/mol. The quantitative estimate of drug-likeness (QED) is 0.838. The zero-order valence-corrected chi connectivity index (χ0v) is 12.2. The standard InChI is InChI=1S/C15H14INO/c1-11(12-6-3-2-4-7-12)17-15(18)13-8-5-9-14(16)10-13/h2-11H,1H3,(H,17,18)/t11-/m1/s1. The Morgan fingerprint density at radius 1 is 1.11 bits per heavy atom. The van der Waals surface area contributed by atoms with E-state index >= 15 is 0 Å². The van der Waals surface area contributed by atoms with Gasteiger partial charge in [-0.15, -0.1) is 0 Å². The SMILES string of the molecule is C[C@@H](NC(=O)c1cccc(I)c1)c1ccccc1. The molecule has 1 N–H and O–H groups in total. The fourth-order valence-electron chi connectivity index (χ4n) is 1.73. The first-order valence-corrected chi connectivity index (χ1v) is 6.86. The summed E-state index contributed by atoms with van der Waals surface area (Å²) in [6, 6.07) is 17.5. The normalized spacial score (nSPS) is 11.9. The Bertz CT molecular complexity index is 539. The van der Waals surface area contributed by atoms with E-state index in [1.807, 2.05) is 61.5 Å². The fraction of sp³-hybridized carbons (Fsp3) is 0.133. The molecular formula is C15H14INO. The van der Waals surface area contributed by atoms with Crippen LogP contribution in [0.25, 0.3) is 0 Å². The Labute approximate surface area is 121 Å². The van der Waals surface area contributed by atoms with E-state index < -0.39 is 0 Å². The van der Waals surface area contributed by atoms with Crippen LogP contribution in [0.15, 0.2) is 54.6 Å². The number of nitrogens with one attached hydrogen (secondary N) is 1. The second-order valence-electron chi connectivity index (χ2n) is 4.12. The lowest BCUT2D eigenvalue weighted by Gasteiger charge is -2.14. The van der Waals surface area contributed by atoms with E-state index in [-0.39, 0.29) is 11.9 Å². The molecule has 0 heterocycles. The van der Waals surface area contributed by atoms with Crippen molar-refractivity contribution in [2.24, 2.45) is 0 Å². The van der Waals surface area contributed by atoms with E-state index in [1.165, 1.54) is 0 Å². The molecule has 0 aliphatic rings. The smallest absolute Gasteiger partial charge is 0.251 e. The van der Waals surface area contributed by atoms with Crippen molar-refractivity contribution >= 4 is 28.5 Å². The molecule has 0 saturated carbocycles. The van der Waals surface area contributed by atoms with Gasteiger partial charge in [0, 0.05) is 9.13 Å². The lowest BCUT2D eigenvalue weighted by atomic mass is 10.1. The Hall–Kier alpha value is -1.36. The summed E-state index contributed by atoms with van der Waals surface area (Å²) in [6.45, 7) is 1.99. The number of amides is 1. The molecule has 0 aliphatic carbocycles. The van der Waals surface area contributed by atoms with Crippen LogP contribution < -0.4 is 5.32 Å². The molecule has 0 radical (unpaired) electrons. The highest BCUT2D eigenvalue weighted by Gasteiger charge is 2.10. The maximum absolute atomic E-state index is 12.1.